The molecule has 3 aromatic rings. The number of benzene rings is 3. The van der Waals surface area contributed by atoms with Gasteiger partial charge in [0.15, 0.2) is 0 Å². The van der Waals surface area contributed by atoms with Crippen LogP contribution in [0.25, 0.3) is 0 Å². The molecule has 5 rings (SSSR count). The average molecular weight is 572 g/mol. The third-order valence-electron chi connectivity index (χ3n) is 7.98. The van der Waals surface area contributed by atoms with Crippen molar-refractivity contribution in [1.82, 2.24) is 10.2 Å². The summed E-state index contributed by atoms with van der Waals surface area (Å²) < 4.78 is 11.0. The number of rotatable bonds is 10. The summed E-state index contributed by atoms with van der Waals surface area (Å²) in [5.74, 6) is 0.533. The summed E-state index contributed by atoms with van der Waals surface area (Å²) in [6, 6.07) is 21.2. The minimum absolute atomic E-state index is 0.133. The van der Waals surface area contributed by atoms with Crippen molar-refractivity contribution in [2.75, 3.05) is 87.8 Å². The number of morpholine rings is 1. The first-order chi connectivity index (χ1) is 20.5. The van der Waals surface area contributed by atoms with Gasteiger partial charge in [0, 0.05) is 62.8 Å². The van der Waals surface area contributed by atoms with Gasteiger partial charge in [0.05, 0.1) is 31.6 Å². The smallest absolute Gasteiger partial charge is 0.255 e. The standard InChI is InChI=1S/C33H41N5O4/c1-25-8-3-4-9-27(25)33(40)35-26-12-13-29(28(24-26)32(39)34-14-7-15-36-20-22-42-23-21-36)37-16-18-38(19-17-37)30-10-5-6-11-31(30)41-2/h3-6,8-13,24H,7,14-23H2,1-2H3,(H,34,39)(H,35,40). The summed E-state index contributed by atoms with van der Waals surface area (Å²) >= 11 is 0. The highest BCUT2D eigenvalue weighted by Crippen LogP contribution is 2.31. The summed E-state index contributed by atoms with van der Waals surface area (Å²) in [6.07, 6.45) is 0.863. The third-order valence-corrected chi connectivity index (χ3v) is 7.98. The molecule has 42 heavy (non-hydrogen) atoms. The Bertz CT molecular complexity index is 1370. The van der Waals surface area contributed by atoms with Crippen molar-refractivity contribution in [2.45, 2.75) is 13.3 Å². The predicted octanol–water partition coefficient (Wildman–Crippen LogP) is 4.03. The van der Waals surface area contributed by atoms with E-state index in [9.17, 15) is 9.59 Å². The molecule has 2 amide bonds. The first kappa shape index (κ1) is 29.4. The number of nitrogens with zero attached hydrogens (tertiary/aromatic N) is 3. The van der Waals surface area contributed by atoms with Crippen molar-refractivity contribution in [1.29, 1.82) is 0 Å². The number of amides is 2. The van der Waals surface area contributed by atoms with E-state index in [4.69, 9.17) is 9.47 Å². The number of carbonyl (C=O) groups is 2. The summed E-state index contributed by atoms with van der Waals surface area (Å²) in [5, 5.41) is 6.12. The van der Waals surface area contributed by atoms with Crippen LogP contribution in [0.1, 0.15) is 32.7 Å². The number of piperazine rings is 1. The Morgan fingerprint density at radius 3 is 2.24 bits per heavy atom. The minimum Gasteiger partial charge on any atom is -0.495 e. The van der Waals surface area contributed by atoms with Gasteiger partial charge in [-0.2, -0.15) is 0 Å². The fourth-order valence-corrected chi connectivity index (χ4v) is 5.60. The van der Waals surface area contributed by atoms with E-state index in [0.717, 1.165) is 88.1 Å². The molecule has 3 aromatic carbocycles. The van der Waals surface area contributed by atoms with E-state index >= 15 is 0 Å². The van der Waals surface area contributed by atoms with Gasteiger partial charge >= 0.3 is 0 Å². The SMILES string of the molecule is COc1ccccc1N1CCN(c2ccc(NC(=O)c3ccccc3C)cc2C(=O)NCCCN2CCOCC2)CC1. The molecule has 0 spiro atoms. The maximum Gasteiger partial charge on any atom is 0.255 e. The van der Waals surface area contributed by atoms with Crippen LogP contribution in [0.15, 0.2) is 66.7 Å². The van der Waals surface area contributed by atoms with Gasteiger partial charge in [0.2, 0.25) is 0 Å². The molecule has 2 fully saturated rings. The molecule has 2 N–H and O–H groups in total. The first-order valence-corrected chi connectivity index (χ1v) is 14.8. The lowest BCUT2D eigenvalue weighted by molar-refractivity contribution is 0.0374. The molecule has 2 aliphatic rings. The van der Waals surface area contributed by atoms with Crippen LogP contribution in [0, 0.1) is 6.92 Å². The number of anilines is 3. The molecular formula is C33H41N5O4. The number of ether oxygens (including phenoxy) is 2. The maximum atomic E-state index is 13.6. The van der Waals surface area contributed by atoms with Crippen molar-refractivity contribution >= 4 is 28.9 Å². The number of hydrogen-bond acceptors (Lipinski definition) is 7. The summed E-state index contributed by atoms with van der Waals surface area (Å²) in [5.41, 5.74) is 4.62. The van der Waals surface area contributed by atoms with Crippen molar-refractivity contribution in [3.8, 4) is 5.75 Å². The zero-order valence-corrected chi connectivity index (χ0v) is 24.6. The van der Waals surface area contributed by atoms with E-state index < -0.39 is 0 Å². The van der Waals surface area contributed by atoms with Crippen LogP contribution in [0.4, 0.5) is 17.1 Å². The summed E-state index contributed by atoms with van der Waals surface area (Å²) in [6.45, 7) is 9.92. The third kappa shape index (κ3) is 7.21. The highest BCUT2D eigenvalue weighted by Gasteiger charge is 2.24. The number of carbonyl (C=O) groups excluding carboxylic acids is 2. The highest BCUT2D eigenvalue weighted by molar-refractivity contribution is 6.07. The van der Waals surface area contributed by atoms with E-state index in [0.29, 0.717) is 23.4 Å². The minimum atomic E-state index is -0.192. The van der Waals surface area contributed by atoms with Crippen molar-refractivity contribution in [3.05, 3.63) is 83.4 Å². The second kappa shape index (κ2) is 14.2. The Balaban J connectivity index is 1.30. The molecule has 2 heterocycles. The fraction of sp³-hybridized carbons (Fsp3) is 0.394. The molecule has 2 aliphatic heterocycles. The second-order valence-corrected chi connectivity index (χ2v) is 10.7. The Hall–Kier alpha value is -4.08. The molecule has 222 valence electrons. The second-order valence-electron chi connectivity index (χ2n) is 10.7. The van der Waals surface area contributed by atoms with Gasteiger partial charge in [-0.1, -0.05) is 30.3 Å². The number of aryl methyl sites for hydroxylation is 1. The van der Waals surface area contributed by atoms with Crippen LogP contribution in [-0.4, -0.2) is 89.4 Å². The Morgan fingerprint density at radius 2 is 1.50 bits per heavy atom. The number of nitrogens with one attached hydrogen (secondary N) is 2. The van der Waals surface area contributed by atoms with Gasteiger partial charge in [-0.05, 0) is 61.9 Å². The lowest BCUT2D eigenvalue weighted by atomic mass is 10.1. The van der Waals surface area contributed by atoms with Gasteiger partial charge in [-0.3, -0.25) is 14.5 Å². The largest absolute Gasteiger partial charge is 0.495 e. The van der Waals surface area contributed by atoms with Gasteiger partial charge in [-0.15, -0.1) is 0 Å². The fourth-order valence-electron chi connectivity index (χ4n) is 5.60. The molecular weight excluding hydrogens is 530 g/mol. The van der Waals surface area contributed by atoms with E-state index in [1.165, 1.54) is 0 Å². The van der Waals surface area contributed by atoms with Crippen LogP contribution >= 0.6 is 0 Å². The quantitative estimate of drug-likeness (QED) is 0.356. The molecule has 0 aromatic heterocycles. The number of para-hydroxylation sites is 2. The van der Waals surface area contributed by atoms with Crippen molar-refractivity contribution in [2.24, 2.45) is 0 Å². The van der Waals surface area contributed by atoms with Gasteiger partial charge < -0.3 is 29.9 Å². The average Bonchev–Trinajstić information content (AvgIpc) is 3.03. The normalized spacial score (nSPS) is 15.8. The van der Waals surface area contributed by atoms with E-state index in [2.05, 4.69) is 31.4 Å². The molecule has 9 heteroatoms. The molecule has 0 unspecified atom stereocenters. The lowest BCUT2D eigenvalue weighted by Gasteiger charge is -2.38. The highest BCUT2D eigenvalue weighted by atomic mass is 16.5. The van der Waals surface area contributed by atoms with Crippen LogP contribution < -0.4 is 25.2 Å². The Kier molecular flexibility index (Phi) is 9.94. The Labute approximate surface area is 248 Å². The zero-order chi connectivity index (χ0) is 29.3. The van der Waals surface area contributed by atoms with Gasteiger partial charge in [-0.25, -0.2) is 0 Å². The van der Waals surface area contributed by atoms with Gasteiger partial charge in [0.1, 0.15) is 5.75 Å². The van der Waals surface area contributed by atoms with Crippen molar-refractivity contribution < 1.29 is 19.1 Å². The van der Waals surface area contributed by atoms with E-state index in [-0.39, 0.29) is 11.8 Å². The van der Waals surface area contributed by atoms with E-state index in [1.807, 2.05) is 61.5 Å². The molecule has 2 saturated heterocycles. The molecule has 9 nitrogen and oxygen atoms in total. The molecule has 0 atom stereocenters. The van der Waals surface area contributed by atoms with Gasteiger partial charge in [0.25, 0.3) is 11.8 Å². The zero-order valence-electron chi connectivity index (χ0n) is 24.6. The molecule has 0 radical (unpaired) electrons. The topological polar surface area (TPSA) is 86.4 Å². The van der Waals surface area contributed by atoms with Crippen molar-refractivity contribution in [3.63, 3.8) is 0 Å². The molecule has 0 aliphatic carbocycles. The number of hydrogen-bond donors (Lipinski definition) is 2. The Morgan fingerprint density at radius 1 is 0.810 bits per heavy atom. The number of methoxy groups -OCH3 is 1. The van der Waals surface area contributed by atoms with Crippen LogP contribution in [0.2, 0.25) is 0 Å². The van der Waals surface area contributed by atoms with Crippen LogP contribution in [0.3, 0.4) is 0 Å². The monoisotopic (exact) mass is 571 g/mol. The summed E-state index contributed by atoms with van der Waals surface area (Å²) in [7, 11) is 1.69. The molecule has 0 saturated carbocycles. The first-order valence-electron chi connectivity index (χ1n) is 14.8. The summed E-state index contributed by atoms with van der Waals surface area (Å²) in [4.78, 5) is 33.5. The van der Waals surface area contributed by atoms with E-state index in [1.54, 1.807) is 13.2 Å². The molecule has 0 bridgehead atoms. The maximum absolute atomic E-state index is 13.6. The van der Waals surface area contributed by atoms with Crippen LogP contribution in [-0.2, 0) is 4.74 Å². The predicted molar refractivity (Wildman–Crippen MR) is 167 cm³/mol. The lowest BCUT2D eigenvalue weighted by Crippen LogP contribution is -2.47. The van der Waals surface area contributed by atoms with Crippen LogP contribution in [0.5, 0.6) is 5.75 Å².